The molecular weight excluding hydrogens is 411 g/mol. The van der Waals surface area contributed by atoms with E-state index in [-0.39, 0.29) is 27.2 Å². The zero-order valence-electron chi connectivity index (χ0n) is 14.1. The summed E-state index contributed by atoms with van der Waals surface area (Å²) in [5, 5.41) is 6.09. The molecule has 0 amide bonds. The van der Waals surface area contributed by atoms with Crippen molar-refractivity contribution in [3.63, 3.8) is 0 Å². The van der Waals surface area contributed by atoms with Crippen LogP contribution in [0.3, 0.4) is 0 Å². The third kappa shape index (κ3) is 4.39. The summed E-state index contributed by atoms with van der Waals surface area (Å²) in [6, 6.07) is 11.2. The van der Waals surface area contributed by atoms with Crippen molar-refractivity contribution in [3.05, 3.63) is 69.3 Å². The maximum absolute atomic E-state index is 12.3. The Hall–Kier alpha value is -2.19. The second kappa shape index (κ2) is 7.44. The molecule has 2 N–H and O–H groups in total. The Balaban J connectivity index is 1.83. The van der Waals surface area contributed by atoms with Crippen LogP contribution in [0.25, 0.3) is 10.9 Å². The SMILES string of the molecule is Cc1ccc2cc(COC(=O)c3ccc(Cl)c(S(N)(=O)=O)c3)c(Cl)nc2c1. The van der Waals surface area contributed by atoms with Gasteiger partial charge in [0.1, 0.15) is 16.7 Å². The van der Waals surface area contributed by atoms with Crippen molar-refractivity contribution in [2.24, 2.45) is 5.14 Å². The zero-order chi connectivity index (χ0) is 19.8. The first-order chi connectivity index (χ1) is 12.6. The average molecular weight is 425 g/mol. The van der Waals surface area contributed by atoms with Gasteiger partial charge in [0.25, 0.3) is 0 Å². The summed E-state index contributed by atoms with van der Waals surface area (Å²) in [4.78, 5) is 16.2. The third-order valence-electron chi connectivity index (χ3n) is 3.83. The molecule has 0 atom stereocenters. The first-order valence-electron chi connectivity index (χ1n) is 7.70. The first-order valence-corrected chi connectivity index (χ1v) is 10.0. The molecule has 1 heterocycles. The van der Waals surface area contributed by atoms with Crippen molar-refractivity contribution in [3.8, 4) is 0 Å². The van der Waals surface area contributed by atoms with Crippen LogP contribution in [0, 0.1) is 6.92 Å². The Kier molecular flexibility index (Phi) is 5.39. The van der Waals surface area contributed by atoms with Crippen LogP contribution in [0.15, 0.2) is 47.4 Å². The molecule has 0 fully saturated rings. The molecule has 0 spiro atoms. The van der Waals surface area contributed by atoms with Crippen LogP contribution in [-0.4, -0.2) is 19.4 Å². The van der Waals surface area contributed by atoms with E-state index in [0.29, 0.717) is 5.56 Å². The number of nitrogens with zero attached hydrogens (tertiary/aromatic N) is 1. The second-order valence-electron chi connectivity index (χ2n) is 5.90. The number of benzene rings is 2. The molecule has 0 saturated carbocycles. The summed E-state index contributed by atoms with van der Waals surface area (Å²) in [7, 11) is -4.06. The maximum atomic E-state index is 12.3. The average Bonchev–Trinajstić information content (AvgIpc) is 2.59. The topological polar surface area (TPSA) is 99.4 Å². The highest BCUT2D eigenvalue weighted by atomic mass is 35.5. The minimum Gasteiger partial charge on any atom is -0.457 e. The van der Waals surface area contributed by atoms with Gasteiger partial charge < -0.3 is 4.74 Å². The van der Waals surface area contributed by atoms with Crippen LogP contribution >= 0.6 is 23.2 Å². The lowest BCUT2D eigenvalue weighted by molar-refractivity contribution is 0.0472. The van der Waals surface area contributed by atoms with Crippen LogP contribution in [0.4, 0.5) is 0 Å². The highest BCUT2D eigenvalue weighted by Crippen LogP contribution is 2.24. The van der Waals surface area contributed by atoms with E-state index in [1.54, 1.807) is 6.07 Å². The number of carbonyl (C=O) groups is 1. The Bertz CT molecular complexity index is 1160. The molecule has 0 aliphatic heterocycles. The number of carbonyl (C=O) groups excluding carboxylic acids is 1. The van der Waals surface area contributed by atoms with Crippen LogP contribution < -0.4 is 5.14 Å². The van der Waals surface area contributed by atoms with E-state index in [2.05, 4.69) is 4.98 Å². The largest absolute Gasteiger partial charge is 0.457 e. The summed E-state index contributed by atoms with van der Waals surface area (Å²) in [5.74, 6) is -0.739. The van der Waals surface area contributed by atoms with Crippen LogP contribution in [0.1, 0.15) is 21.5 Å². The summed E-state index contributed by atoms with van der Waals surface area (Å²) in [5.41, 5.74) is 2.33. The van der Waals surface area contributed by atoms with Gasteiger partial charge in [0.15, 0.2) is 0 Å². The third-order valence-corrected chi connectivity index (χ3v) is 5.55. The fourth-order valence-electron chi connectivity index (χ4n) is 2.47. The number of aryl methyl sites for hydroxylation is 1. The van der Waals surface area contributed by atoms with E-state index in [1.807, 2.05) is 25.1 Å². The Morgan fingerprint density at radius 1 is 1.15 bits per heavy atom. The van der Waals surface area contributed by atoms with Crippen molar-refractivity contribution in [1.29, 1.82) is 0 Å². The standard InChI is InChI=1S/C18H14Cl2N2O4S/c1-10-2-3-11-7-13(17(20)22-15(11)6-10)9-26-18(23)12-4-5-14(19)16(8-12)27(21,24)25/h2-8H,9H2,1H3,(H2,21,24,25). The number of aromatic nitrogens is 1. The molecule has 3 rings (SSSR count). The van der Waals surface area contributed by atoms with Crippen LogP contribution in [0.2, 0.25) is 10.2 Å². The van der Waals surface area contributed by atoms with E-state index in [4.69, 9.17) is 33.1 Å². The molecule has 0 unspecified atom stereocenters. The lowest BCUT2D eigenvalue weighted by Gasteiger charge is -2.09. The number of sulfonamides is 1. The number of esters is 1. The number of ether oxygens (including phenoxy) is 1. The molecule has 0 aliphatic rings. The normalized spacial score (nSPS) is 11.6. The van der Waals surface area contributed by atoms with Crippen molar-refractivity contribution < 1.29 is 17.9 Å². The van der Waals surface area contributed by atoms with Crippen LogP contribution in [0.5, 0.6) is 0 Å². The quantitative estimate of drug-likeness (QED) is 0.506. The molecule has 27 heavy (non-hydrogen) atoms. The van der Waals surface area contributed by atoms with Gasteiger partial charge in [-0.15, -0.1) is 0 Å². The van der Waals surface area contributed by atoms with Crippen molar-refractivity contribution in [1.82, 2.24) is 4.98 Å². The fraction of sp³-hybridized carbons (Fsp3) is 0.111. The first kappa shape index (κ1) is 19.6. The van der Waals surface area contributed by atoms with E-state index < -0.39 is 16.0 Å². The van der Waals surface area contributed by atoms with E-state index in [1.165, 1.54) is 12.1 Å². The number of nitrogens with two attached hydrogens (primary N) is 1. The van der Waals surface area contributed by atoms with Gasteiger partial charge in [0.2, 0.25) is 10.0 Å². The molecule has 9 heteroatoms. The van der Waals surface area contributed by atoms with Crippen molar-refractivity contribution >= 4 is 50.1 Å². The second-order valence-corrected chi connectivity index (χ2v) is 8.20. The lowest BCUT2D eigenvalue weighted by Crippen LogP contribution is -2.14. The summed E-state index contributed by atoms with van der Waals surface area (Å²) < 4.78 is 28.3. The number of primary sulfonamides is 1. The van der Waals surface area contributed by atoms with E-state index in [9.17, 15) is 13.2 Å². The highest BCUT2D eigenvalue weighted by Gasteiger charge is 2.17. The van der Waals surface area contributed by atoms with Gasteiger partial charge >= 0.3 is 5.97 Å². The Morgan fingerprint density at radius 3 is 2.59 bits per heavy atom. The molecule has 0 bridgehead atoms. The van der Waals surface area contributed by atoms with Gasteiger partial charge in [0, 0.05) is 10.9 Å². The van der Waals surface area contributed by atoms with Gasteiger partial charge in [-0.25, -0.2) is 23.3 Å². The molecule has 2 aromatic carbocycles. The summed E-state index contributed by atoms with van der Waals surface area (Å²) >= 11 is 12.0. The number of hydrogen-bond donors (Lipinski definition) is 1. The van der Waals surface area contributed by atoms with Crippen molar-refractivity contribution in [2.75, 3.05) is 0 Å². The lowest BCUT2D eigenvalue weighted by atomic mass is 10.1. The molecule has 0 aliphatic carbocycles. The molecule has 3 aromatic rings. The molecule has 1 aromatic heterocycles. The number of rotatable bonds is 4. The van der Waals surface area contributed by atoms with Crippen LogP contribution in [-0.2, 0) is 21.4 Å². The Morgan fingerprint density at radius 2 is 1.89 bits per heavy atom. The van der Waals surface area contributed by atoms with Gasteiger partial charge in [0.05, 0.1) is 16.1 Å². The molecule has 0 radical (unpaired) electrons. The van der Waals surface area contributed by atoms with Gasteiger partial charge in [-0.1, -0.05) is 35.3 Å². The van der Waals surface area contributed by atoms with Gasteiger partial charge in [-0.05, 0) is 42.8 Å². The number of halogens is 2. The van der Waals surface area contributed by atoms with Gasteiger partial charge in [-0.3, -0.25) is 0 Å². The minimum atomic E-state index is -4.06. The fourth-order valence-corrected chi connectivity index (χ4v) is 3.75. The predicted octanol–water partition coefficient (Wildman–Crippen LogP) is 3.85. The van der Waals surface area contributed by atoms with Gasteiger partial charge in [-0.2, -0.15) is 0 Å². The zero-order valence-corrected chi connectivity index (χ0v) is 16.4. The Labute approximate surface area is 165 Å². The molecule has 0 saturated heterocycles. The van der Waals surface area contributed by atoms with E-state index >= 15 is 0 Å². The van der Waals surface area contributed by atoms with Crippen molar-refractivity contribution in [2.45, 2.75) is 18.4 Å². The molecule has 6 nitrogen and oxygen atoms in total. The highest BCUT2D eigenvalue weighted by molar-refractivity contribution is 7.89. The summed E-state index contributed by atoms with van der Waals surface area (Å²) in [6.45, 7) is 1.83. The maximum Gasteiger partial charge on any atom is 0.338 e. The molecule has 140 valence electrons. The summed E-state index contributed by atoms with van der Waals surface area (Å²) in [6.07, 6.45) is 0. The predicted molar refractivity (Wildman–Crippen MR) is 103 cm³/mol. The molecular formula is C18H14Cl2N2O4S. The monoisotopic (exact) mass is 424 g/mol. The number of hydrogen-bond acceptors (Lipinski definition) is 5. The smallest absolute Gasteiger partial charge is 0.338 e. The minimum absolute atomic E-state index is 0.00363. The number of fused-ring (bicyclic) bond motifs is 1. The van der Waals surface area contributed by atoms with E-state index in [0.717, 1.165) is 22.5 Å². The number of pyridine rings is 1.